The molecule has 0 radical (unpaired) electrons. The second-order valence-electron chi connectivity index (χ2n) is 3.32. The minimum absolute atomic E-state index is 0.0450. The van der Waals surface area contributed by atoms with E-state index in [0.717, 1.165) is 13.2 Å². The van der Waals surface area contributed by atoms with Crippen LogP contribution in [-0.2, 0) is 11.3 Å². The number of nitrogens with zero attached hydrogens (tertiary/aromatic N) is 1. The van der Waals surface area contributed by atoms with Crippen molar-refractivity contribution < 1.29 is 22.7 Å². The predicted molar refractivity (Wildman–Crippen MR) is 62.3 cm³/mol. The molecule has 4 nitrogen and oxygen atoms in total. The molecule has 0 aliphatic rings. The molecule has 0 amide bonds. The molecule has 0 aromatic heterocycles. The molecule has 102 valence electrons. The molecule has 0 saturated heterocycles. The predicted octanol–water partition coefficient (Wildman–Crippen LogP) is 2.42. The number of esters is 1. The minimum atomic E-state index is -4.55. The lowest BCUT2D eigenvalue weighted by Crippen LogP contribution is -2.14. The van der Waals surface area contributed by atoms with Crippen LogP contribution in [-0.4, -0.2) is 18.6 Å². The van der Waals surface area contributed by atoms with Crippen LogP contribution in [0.4, 0.5) is 13.2 Å². The zero-order valence-corrected chi connectivity index (χ0v) is 10.6. The molecule has 0 unspecified atom stereocenters. The van der Waals surface area contributed by atoms with Crippen LogP contribution in [0.15, 0.2) is 17.0 Å². The number of hydrogen-bond acceptors (Lipinski definition) is 5. The first-order valence-electron chi connectivity index (χ1n) is 4.94. The molecular formula is C11H9F3N2O2S. The summed E-state index contributed by atoms with van der Waals surface area (Å²) in [5.41, 5.74) is 0.632. The van der Waals surface area contributed by atoms with E-state index in [2.05, 4.69) is 4.74 Å². The number of methoxy groups -OCH3 is 1. The number of ether oxygens (including phenoxy) is 1. The van der Waals surface area contributed by atoms with Gasteiger partial charge in [0.25, 0.3) is 0 Å². The van der Waals surface area contributed by atoms with Gasteiger partial charge < -0.3 is 10.5 Å². The third-order valence-electron chi connectivity index (χ3n) is 2.21. The van der Waals surface area contributed by atoms with Crippen LogP contribution in [0.1, 0.15) is 21.5 Å². The average molecular weight is 290 g/mol. The molecule has 1 rings (SSSR count). The number of hydrogen-bond donors (Lipinski definition) is 1. The number of thioether (sulfide) groups is 1. The Labute approximate surface area is 111 Å². The van der Waals surface area contributed by atoms with Gasteiger partial charge in [-0.15, -0.1) is 0 Å². The van der Waals surface area contributed by atoms with Crippen LogP contribution >= 0.6 is 11.8 Å². The van der Waals surface area contributed by atoms with Crippen molar-refractivity contribution >= 4 is 17.7 Å². The monoisotopic (exact) mass is 290 g/mol. The molecule has 1 aromatic rings. The molecule has 0 bridgehead atoms. The SMILES string of the molecule is COC(=O)c1c(SC(F)(F)F)ccc(C#N)c1CN. The Morgan fingerprint density at radius 1 is 1.53 bits per heavy atom. The van der Waals surface area contributed by atoms with Gasteiger partial charge in [-0.2, -0.15) is 18.4 Å². The Bertz CT molecular complexity index is 538. The van der Waals surface area contributed by atoms with Crippen molar-refractivity contribution in [1.82, 2.24) is 0 Å². The summed E-state index contributed by atoms with van der Waals surface area (Å²) in [7, 11) is 1.05. The highest BCUT2D eigenvalue weighted by Gasteiger charge is 2.33. The van der Waals surface area contributed by atoms with Gasteiger partial charge in [0.15, 0.2) is 0 Å². The van der Waals surface area contributed by atoms with E-state index < -0.39 is 23.2 Å². The highest BCUT2D eigenvalue weighted by atomic mass is 32.2. The van der Waals surface area contributed by atoms with Gasteiger partial charge in [-0.05, 0) is 29.5 Å². The second-order valence-corrected chi connectivity index (χ2v) is 4.43. The van der Waals surface area contributed by atoms with Crippen molar-refractivity contribution in [3.05, 3.63) is 28.8 Å². The summed E-state index contributed by atoms with van der Waals surface area (Å²) in [6.07, 6.45) is 0. The Balaban J connectivity index is 3.48. The molecule has 1 aromatic carbocycles. The minimum Gasteiger partial charge on any atom is -0.465 e. The first-order chi connectivity index (χ1) is 8.84. The maximum absolute atomic E-state index is 12.4. The number of nitriles is 1. The molecule has 0 aliphatic carbocycles. The number of nitrogens with two attached hydrogens (primary N) is 1. The lowest BCUT2D eigenvalue weighted by atomic mass is 10.0. The molecule has 2 N–H and O–H groups in total. The third kappa shape index (κ3) is 3.62. The van der Waals surface area contributed by atoms with E-state index in [9.17, 15) is 18.0 Å². The van der Waals surface area contributed by atoms with E-state index in [1.165, 1.54) is 6.07 Å². The van der Waals surface area contributed by atoms with Crippen molar-refractivity contribution in [2.75, 3.05) is 7.11 Å². The molecule has 8 heteroatoms. The van der Waals surface area contributed by atoms with Gasteiger partial charge in [0, 0.05) is 11.4 Å². The first-order valence-corrected chi connectivity index (χ1v) is 5.75. The third-order valence-corrected chi connectivity index (χ3v) is 3.01. The van der Waals surface area contributed by atoms with E-state index in [1.54, 1.807) is 6.07 Å². The van der Waals surface area contributed by atoms with Crippen LogP contribution in [0.3, 0.4) is 0 Å². The van der Waals surface area contributed by atoms with Gasteiger partial charge in [0.1, 0.15) is 0 Å². The topological polar surface area (TPSA) is 76.1 Å². The van der Waals surface area contributed by atoms with Gasteiger partial charge >= 0.3 is 11.5 Å². The van der Waals surface area contributed by atoms with E-state index in [0.29, 0.717) is 0 Å². The second kappa shape index (κ2) is 5.95. The van der Waals surface area contributed by atoms with Crippen molar-refractivity contribution in [1.29, 1.82) is 5.26 Å². The van der Waals surface area contributed by atoms with Crippen LogP contribution in [0.25, 0.3) is 0 Å². The fraction of sp³-hybridized carbons (Fsp3) is 0.273. The van der Waals surface area contributed by atoms with Crippen molar-refractivity contribution in [3.63, 3.8) is 0 Å². The molecule has 0 aliphatic heterocycles. The lowest BCUT2D eigenvalue weighted by Gasteiger charge is -2.14. The quantitative estimate of drug-likeness (QED) is 0.683. The summed E-state index contributed by atoms with van der Waals surface area (Å²) in [6, 6.07) is 4.03. The van der Waals surface area contributed by atoms with Crippen LogP contribution in [0, 0.1) is 11.3 Å². The van der Waals surface area contributed by atoms with Gasteiger partial charge in [0.2, 0.25) is 0 Å². The molecule has 0 fully saturated rings. The van der Waals surface area contributed by atoms with Crippen LogP contribution < -0.4 is 5.73 Å². The van der Waals surface area contributed by atoms with Crippen molar-refractivity contribution in [3.8, 4) is 6.07 Å². The van der Waals surface area contributed by atoms with Gasteiger partial charge in [-0.3, -0.25) is 0 Å². The maximum atomic E-state index is 12.4. The van der Waals surface area contributed by atoms with Gasteiger partial charge in [-0.25, -0.2) is 4.79 Å². The molecule has 0 spiro atoms. The zero-order valence-electron chi connectivity index (χ0n) is 9.75. The van der Waals surface area contributed by atoms with E-state index in [-0.39, 0.29) is 28.1 Å². The molecular weight excluding hydrogens is 281 g/mol. The Morgan fingerprint density at radius 2 is 2.16 bits per heavy atom. The lowest BCUT2D eigenvalue weighted by molar-refractivity contribution is -0.0328. The summed E-state index contributed by atoms with van der Waals surface area (Å²) in [6.45, 7) is -0.237. The number of halogens is 3. The van der Waals surface area contributed by atoms with Crippen LogP contribution in [0.2, 0.25) is 0 Å². The fourth-order valence-corrected chi connectivity index (χ4v) is 2.17. The summed E-state index contributed by atoms with van der Waals surface area (Å²) in [5.74, 6) is -0.954. The number of rotatable bonds is 3. The molecule has 19 heavy (non-hydrogen) atoms. The average Bonchev–Trinajstić information content (AvgIpc) is 2.35. The molecule has 0 atom stereocenters. The summed E-state index contributed by atoms with van der Waals surface area (Å²) < 4.78 is 41.7. The summed E-state index contributed by atoms with van der Waals surface area (Å²) in [5, 5.41) is 8.87. The van der Waals surface area contributed by atoms with E-state index in [4.69, 9.17) is 11.0 Å². The maximum Gasteiger partial charge on any atom is 0.446 e. The van der Waals surface area contributed by atoms with Crippen LogP contribution in [0.5, 0.6) is 0 Å². The number of carbonyl (C=O) groups is 1. The number of benzene rings is 1. The number of carbonyl (C=O) groups excluding carboxylic acids is 1. The first kappa shape index (κ1) is 15.3. The van der Waals surface area contributed by atoms with E-state index in [1.807, 2.05) is 0 Å². The Morgan fingerprint density at radius 3 is 2.58 bits per heavy atom. The molecule has 0 heterocycles. The standard InChI is InChI=1S/C11H9F3N2O2S/c1-18-10(17)9-7(5-16)6(4-15)2-3-8(9)19-11(12,13)14/h2-3H,5,16H2,1H3. The Kier molecular flexibility index (Phi) is 4.80. The highest BCUT2D eigenvalue weighted by Crippen LogP contribution is 2.40. The number of alkyl halides is 3. The van der Waals surface area contributed by atoms with E-state index >= 15 is 0 Å². The normalized spacial score (nSPS) is 10.9. The smallest absolute Gasteiger partial charge is 0.446 e. The summed E-state index contributed by atoms with van der Waals surface area (Å²) in [4.78, 5) is 11.3. The Hall–Kier alpha value is -1.72. The van der Waals surface area contributed by atoms with Crippen molar-refractivity contribution in [2.24, 2.45) is 5.73 Å². The summed E-state index contributed by atoms with van der Waals surface area (Å²) >= 11 is -0.446. The zero-order chi connectivity index (χ0) is 14.6. The fourth-order valence-electron chi connectivity index (χ4n) is 1.48. The van der Waals surface area contributed by atoms with Gasteiger partial charge in [0.05, 0.1) is 24.3 Å². The largest absolute Gasteiger partial charge is 0.465 e. The van der Waals surface area contributed by atoms with Crippen molar-refractivity contribution in [2.45, 2.75) is 16.9 Å². The molecule has 0 saturated carbocycles. The highest BCUT2D eigenvalue weighted by molar-refractivity contribution is 8.00. The van der Waals surface area contributed by atoms with Gasteiger partial charge in [-0.1, -0.05) is 0 Å².